The molecule has 4 rings (SSSR count). The summed E-state index contributed by atoms with van der Waals surface area (Å²) in [4.78, 5) is 44.7. The van der Waals surface area contributed by atoms with Crippen LogP contribution in [0.15, 0.2) is 15.7 Å². The van der Waals surface area contributed by atoms with Gasteiger partial charge in [-0.05, 0) is 44.7 Å². The Balaban J connectivity index is 1.80. The van der Waals surface area contributed by atoms with Crippen LogP contribution in [0.1, 0.15) is 61.0 Å². The Bertz CT molecular complexity index is 983. The van der Waals surface area contributed by atoms with Gasteiger partial charge in [0, 0.05) is 30.7 Å². The molecule has 2 fully saturated rings. The highest BCUT2D eigenvalue weighted by atomic mass is 16.2. The van der Waals surface area contributed by atoms with Gasteiger partial charge >= 0.3 is 5.69 Å². The molecule has 144 valence electrons. The van der Waals surface area contributed by atoms with Crippen molar-refractivity contribution in [3.05, 3.63) is 38.2 Å². The molecule has 2 aliphatic rings. The lowest BCUT2D eigenvalue weighted by molar-refractivity contribution is 0.0951. The van der Waals surface area contributed by atoms with Crippen LogP contribution in [0.5, 0.6) is 0 Å². The van der Waals surface area contributed by atoms with Crippen molar-refractivity contribution in [2.75, 3.05) is 13.1 Å². The van der Waals surface area contributed by atoms with Crippen LogP contribution in [0.3, 0.4) is 0 Å². The van der Waals surface area contributed by atoms with E-state index in [0.29, 0.717) is 30.2 Å². The highest BCUT2D eigenvalue weighted by molar-refractivity contribution is 6.05. The third-order valence-electron chi connectivity index (χ3n) is 5.33. The lowest BCUT2D eigenvalue weighted by atomic mass is 10.1. The number of amides is 1. The number of hydrogen-bond acceptors (Lipinski definition) is 5. The molecule has 1 aliphatic heterocycles. The zero-order chi connectivity index (χ0) is 19.0. The molecule has 0 bridgehead atoms. The van der Waals surface area contributed by atoms with Gasteiger partial charge in [-0.3, -0.25) is 19.1 Å². The number of nitrogens with zero attached hydrogens (tertiary/aromatic N) is 2. The molecule has 1 unspecified atom stereocenters. The van der Waals surface area contributed by atoms with Crippen molar-refractivity contribution in [2.24, 2.45) is 0 Å². The summed E-state index contributed by atoms with van der Waals surface area (Å²) >= 11 is 0. The van der Waals surface area contributed by atoms with Crippen molar-refractivity contribution in [2.45, 2.75) is 57.5 Å². The molecule has 1 aliphatic carbocycles. The highest BCUT2D eigenvalue weighted by Crippen LogP contribution is 2.39. The third-order valence-corrected chi connectivity index (χ3v) is 5.33. The van der Waals surface area contributed by atoms with Crippen LogP contribution in [0.4, 0.5) is 0 Å². The molecule has 0 spiro atoms. The van der Waals surface area contributed by atoms with Crippen LogP contribution in [0.25, 0.3) is 11.0 Å². The van der Waals surface area contributed by atoms with Gasteiger partial charge < -0.3 is 10.6 Å². The van der Waals surface area contributed by atoms with Gasteiger partial charge in [0.1, 0.15) is 0 Å². The molecule has 1 atom stereocenters. The van der Waals surface area contributed by atoms with E-state index in [1.807, 2.05) is 6.92 Å². The molecule has 0 aromatic carbocycles. The van der Waals surface area contributed by atoms with Crippen molar-refractivity contribution in [1.82, 2.24) is 25.2 Å². The molecular formula is C19H25N5O3. The van der Waals surface area contributed by atoms with E-state index in [1.54, 1.807) is 6.07 Å². The first-order chi connectivity index (χ1) is 13.1. The van der Waals surface area contributed by atoms with E-state index in [0.717, 1.165) is 44.3 Å². The second-order valence-electron chi connectivity index (χ2n) is 7.48. The standard InChI is InChI=1S/C19H25N5O3/c1-2-8-24-16-15(18(26)23-19(24)27)13(9-14(22-16)11-5-6-11)17(25)21-10-12-4-3-7-20-12/h9,11-12,20H,2-8,10H2,1H3,(H,21,25)(H,23,26,27). The number of carbonyl (C=O) groups is 1. The number of aryl methyl sites for hydroxylation is 1. The number of fused-ring (bicyclic) bond motifs is 1. The molecule has 3 heterocycles. The van der Waals surface area contributed by atoms with Crippen molar-refractivity contribution in [3.63, 3.8) is 0 Å². The maximum atomic E-state index is 12.9. The molecule has 8 nitrogen and oxygen atoms in total. The van der Waals surface area contributed by atoms with E-state index in [-0.39, 0.29) is 17.3 Å². The van der Waals surface area contributed by atoms with Crippen molar-refractivity contribution in [3.8, 4) is 0 Å². The molecule has 1 amide bonds. The Kier molecular flexibility index (Phi) is 4.82. The lowest BCUT2D eigenvalue weighted by Gasteiger charge is -2.15. The maximum Gasteiger partial charge on any atom is 0.329 e. The lowest BCUT2D eigenvalue weighted by Crippen LogP contribution is -2.38. The normalized spacial score (nSPS) is 19.5. The second kappa shape index (κ2) is 7.26. The van der Waals surface area contributed by atoms with Crippen LogP contribution in [0, 0.1) is 0 Å². The number of hydrogen-bond donors (Lipinski definition) is 3. The van der Waals surface area contributed by atoms with Crippen LogP contribution < -0.4 is 21.9 Å². The van der Waals surface area contributed by atoms with Gasteiger partial charge in [0.05, 0.1) is 10.9 Å². The first-order valence-electron chi connectivity index (χ1n) is 9.77. The fourth-order valence-corrected chi connectivity index (χ4v) is 3.73. The minimum atomic E-state index is -0.554. The van der Waals surface area contributed by atoms with Crippen LogP contribution >= 0.6 is 0 Å². The van der Waals surface area contributed by atoms with Crippen LogP contribution in [-0.4, -0.2) is 39.6 Å². The van der Waals surface area contributed by atoms with E-state index in [1.165, 1.54) is 4.57 Å². The molecule has 1 saturated heterocycles. The molecular weight excluding hydrogens is 346 g/mol. The number of pyridine rings is 1. The average Bonchev–Trinajstić information content (AvgIpc) is 3.38. The van der Waals surface area contributed by atoms with Gasteiger partial charge in [0.25, 0.3) is 11.5 Å². The molecule has 8 heteroatoms. The number of nitrogens with one attached hydrogen (secondary N) is 3. The summed E-state index contributed by atoms with van der Waals surface area (Å²) in [5.41, 5.74) is 0.393. The summed E-state index contributed by atoms with van der Waals surface area (Å²) in [6.07, 6.45) is 4.90. The van der Waals surface area contributed by atoms with Crippen molar-refractivity contribution in [1.29, 1.82) is 0 Å². The number of aromatic amines is 1. The fraction of sp³-hybridized carbons (Fsp3) is 0.579. The summed E-state index contributed by atoms with van der Waals surface area (Å²) in [6.45, 7) is 3.89. The first-order valence-corrected chi connectivity index (χ1v) is 9.77. The van der Waals surface area contributed by atoms with Gasteiger partial charge in [0.15, 0.2) is 5.65 Å². The Morgan fingerprint density at radius 3 is 2.81 bits per heavy atom. The van der Waals surface area contributed by atoms with Gasteiger partial charge in [-0.1, -0.05) is 6.92 Å². The number of rotatable bonds is 6. The summed E-state index contributed by atoms with van der Waals surface area (Å²) in [5, 5.41) is 6.49. The quantitative estimate of drug-likeness (QED) is 0.698. The maximum absolute atomic E-state index is 12.9. The predicted molar refractivity (Wildman–Crippen MR) is 102 cm³/mol. The third kappa shape index (κ3) is 3.53. The van der Waals surface area contributed by atoms with E-state index >= 15 is 0 Å². The highest BCUT2D eigenvalue weighted by Gasteiger charge is 2.29. The SMILES string of the molecule is CCCn1c(=O)[nH]c(=O)c2c(C(=O)NCC3CCCN3)cc(C3CC3)nc21. The molecule has 3 N–H and O–H groups in total. The summed E-state index contributed by atoms with van der Waals surface area (Å²) < 4.78 is 1.47. The molecule has 1 saturated carbocycles. The summed E-state index contributed by atoms with van der Waals surface area (Å²) in [5.74, 6) is 0.0205. The first kappa shape index (κ1) is 17.9. The topological polar surface area (TPSA) is 109 Å². The van der Waals surface area contributed by atoms with Crippen LogP contribution in [-0.2, 0) is 6.54 Å². The Hall–Kier alpha value is -2.48. The average molecular weight is 371 g/mol. The zero-order valence-electron chi connectivity index (χ0n) is 15.5. The molecule has 0 radical (unpaired) electrons. The molecule has 2 aromatic rings. The second-order valence-corrected chi connectivity index (χ2v) is 7.48. The van der Waals surface area contributed by atoms with Gasteiger partial charge in [-0.2, -0.15) is 0 Å². The molecule has 27 heavy (non-hydrogen) atoms. The minimum absolute atomic E-state index is 0.198. The fourth-order valence-electron chi connectivity index (χ4n) is 3.73. The summed E-state index contributed by atoms with van der Waals surface area (Å²) in [7, 11) is 0. The Labute approximate surface area is 156 Å². The predicted octanol–water partition coefficient (Wildman–Crippen LogP) is 0.854. The monoisotopic (exact) mass is 371 g/mol. The van der Waals surface area contributed by atoms with Crippen molar-refractivity contribution >= 4 is 16.9 Å². The summed E-state index contributed by atoms with van der Waals surface area (Å²) in [6, 6.07) is 1.99. The number of carbonyl (C=O) groups excluding carboxylic acids is 1. The van der Waals surface area contributed by atoms with Crippen LogP contribution in [0.2, 0.25) is 0 Å². The number of aromatic nitrogens is 3. The van der Waals surface area contributed by atoms with E-state index in [9.17, 15) is 14.4 Å². The minimum Gasteiger partial charge on any atom is -0.350 e. The van der Waals surface area contributed by atoms with Gasteiger partial charge in [0.2, 0.25) is 0 Å². The van der Waals surface area contributed by atoms with E-state index in [4.69, 9.17) is 0 Å². The van der Waals surface area contributed by atoms with Crippen molar-refractivity contribution < 1.29 is 4.79 Å². The van der Waals surface area contributed by atoms with Gasteiger partial charge in [-0.15, -0.1) is 0 Å². The van der Waals surface area contributed by atoms with E-state index < -0.39 is 11.2 Å². The van der Waals surface area contributed by atoms with E-state index in [2.05, 4.69) is 20.6 Å². The number of H-pyrrole nitrogens is 1. The largest absolute Gasteiger partial charge is 0.350 e. The zero-order valence-corrected chi connectivity index (χ0v) is 15.5. The Morgan fingerprint density at radius 1 is 1.33 bits per heavy atom. The van der Waals surface area contributed by atoms with Gasteiger partial charge in [-0.25, -0.2) is 9.78 Å². The smallest absolute Gasteiger partial charge is 0.329 e. The molecule has 2 aromatic heterocycles. The Morgan fingerprint density at radius 2 is 2.15 bits per heavy atom.